The van der Waals surface area contributed by atoms with Crippen molar-refractivity contribution >= 4 is 17.5 Å². The number of benzene rings is 2. The average molecular weight is 426 g/mol. The van der Waals surface area contributed by atoms with Crippen LogP contribution in [0.4, 0.5) is 5.69 Å². The number of morpholine rings is 1. The molecule has 0 radical (unpaired) electrons. The Morgan fingerprint density at radius 1 is 1.13 bits per heavy atom. The molecule has 0 aromatic heterocycles. The van der Waals surface area contributed by atoms with Gasteiger partial charge in [-0.25, -0.2) is 0 Å². The molecule has 7 heteroatoms. The van der Waals surface area contributed by atoms with Gasteiger partial charge in [-0.05, 0) is 43.7 Å². The summed E-state index contributed by atoms with van der Waals surface area (Å²) in [5, 5.41) is 5.82. The second-order valence-electron chi connectivity index (χ2n) is 7.74. The molecule has 0 bridgehead atoms. The van der Waals surface area contributed by atoms with Crippen molar-refractivity contribution in [3.05, 3.63) is 59.7 Å². The molecule has 31 heavy (non-hydrogen) atoms. The second kappa shape index (κ2) is 11.5. The van der Waals surface area contributed by atoms with Crippen molar-refractivity contribution in [2.75, 3.05) is 38.2 Å². The first-order valence-corrected chi connectivity index (χ1v) is 10.7. The fraction of sp³-hybridized carbons (Fsp3) is 0.417. The molecule has 2 aromatic rings. The van der Waals surface area contributed by atoms with Gasteiger partial charge in [-0.3, -0.25) is 14.5 Å². The predicted octanol–water partition coefficient (Wildman–Crippen LogP) is 2.74. The molecule has 1 fully saturated rings. The summed E-state index contributed by atoms with van der Waals surface area (Å²) >= 11 is 0. The van der Waals surface area contributed by atoms with E-state index >= 15 is 0 Å². The van der Waals surface area contributed by atoms with Crippen molar-refractivity contribution in [3.63, 3.8) is 0 Å². The maximum Gasteiger partial charge on any atom is 0.261 e. The number of aryl methyl sites for hydroxylation is 1. The van der Waals surface area contributed by atoms with E-state index in [-0.39, 0.29) is 11.8 Å². The molecule has 1 heterocycles. The molecule has 2 aromatic carbocycles. The zero-order valence-corrected chi connectivity index (χ0v) is 18.2. The van der Waals surface area contributed by atoms with Crippen LogP contribution in [-0.2, 0) is 20.9 Å². The number of ether oxygens (including phenoxy) is 2. The molecule has 1 aliphatic rings. The van der Waals surface area contributed by atoms with Crippen molar-refractivity contribution in [1.29, 1.82) is 0 Å². The van der Waals surface area contributed by atoms with Crippen molar-refractivity contribution in [2.45, 2.75) is 32.9 Å². The number of rotatable bonds is 9. The van der Waals surface area contributed by atoms with Gasteiger partial charge in [-0.15, -0.1) is 0 Å². The number of nitrogens with one attached hydrogen (secondary N) is 2. The van der Waals surface area contributed by atoms with Gasteiger partial charge < -0.3 is 20.1 Å². The molecule has 0 aliphatic carbocycles. The van der Waals surface area contributed by atoms with Gasteiger partial charge in [0.05, 0.1) is 13.2 Å². The molecule has 1 atom stereocenters. The van der Waals surface area contributed by atoms with Gasteiger partial charge in [0.1, 0.15) is 5.75 Å². The maximum absolute atomic E-state index is 12.4. The SMILES string of the molecule is Cc1ccc(OC(C)C(=O)NCc2cccc(NC(=O)CCN3CCOCC3)c2)cc1. The number of carbonyl (C=O) groups is 2. The third kappa shape index (κ3) is 7.70. The smallest absolute Gasteiger partial charge is 0.261 e. The van der Waals surface area contributed by atoms with Crippen LogP contribution < -0.4 is 15.4 Å². The zero-order valence-electron chi connectivity index (χ0n) is 18.2. The van der Waals surface area contributed by atoms with E-state index in [1.165, 1.54) is 0 Å². The van der Waals surface area contributed by atoms with E-state index < -0.39 is 6.10 Å². The van der Waals surface area contributed by atoms with E-state index in [0.717, 1.165) is 49.7 Å². The van der Waals surface area contributed by atoms with Crippen LogP contribution in [-0.4, -0.2) is 55.7 Å². The quantitative estimate of drug-likeness (QED) is 0.646. The van der Waals surface area contributed by atoms with E-state index in [0.29, 0.717) is 18.7 Å². The largest absolute Gasteiger partial charge is 0.481 e. The fourth-order valence-corrected chi connectivity index (χ4v) is 3.27. The van der Waals surface area contributed by atoms with Crippen LogP contribution in [0.3, 0.4) is 0 Å². The summed E-state index contributed by atoms with van der Waals surface area (Å²) in [6, 6.07) is 15.1. The molecule has 166 valence electrons. The van der Waals surface area contributed by atoms with Crippen LogP contribution in [0.2, 0.25) is 0 Å². The average Bonchev–Trinajstić information content (AvgIpc) is 2.78. The summed E-state index contributed by atoms with van der Waals surface area (Å²) < 4.78 is 11.0. The molecule has 3 rings (SSSR count). The predicted molar refractivity (Wildman–Crippen MR) is 120 cm³/mol. The van der Waals surface area contributed by atoms with Crippen LogP contribution in [0.15, 0.2) is 48.5 Å². The van der Waals surface area contributed by atoms with Crippen LogP contribution >= 0.6 is 0 Å². The first-order valence-electron chi connectivity index (χ1n) is 10.7. The highest BCUT2D eigenvalue weighted by Gasteiger charge is 2.15. The second-order valence-corrected chi connectivity index (χ2v) is 7.74. The minimum atomic E-state index is -0.606. The highest BCUT2D eigenvalue weighted by molar-refractivity contribution is 5.90. The van der Waals surface area contributed by atoms with Crippen LogP contribution in [0, 0.1) is 6.92 Å². The lowest BCUT2D eigenvalue weighted by atomic mass is 10.2. The summed E-state index contributed by atoms with van der Waals surface area (Å²) in [6.45, 7) is 8.00. The van der Waals surface area contributed by atoms with Crippen molar-refractivity contribution in [2.24, 2.45) is 0 Å². The third-order valence-corrected chi connectivity index (χ3v) is 5.14. The van der Waals surface area contributed by atoms with Crippen molar-refractivity contribution in [1.82, 2.24) is 10.2 Å². The molecule has 0 spiro atoms. The minimum absolute atomic E-state index is 0.0206. The number of nitrogens with zero attached hydrogens (tertiary/aromatic N) is 1. The summed E-state index contributed by atoms with van der Waals surface area (Å²) in [7, 11) is 0. The lowest BCUT2D eigenvalue weighted by Gasteiger charge is -2.26. The Bertz CT molecular complexity index is 863. The Morgan fingerprint density at radius 3 is 2.61 bits per heavy atom. The molecule has 0 saturated carbocycles. The minimum Gasteiger partial charge on any atom is -0.481 e. The molecule has 1 unspecified atom stereocenters. The number of amides is 2. The Balaban J connectivity index is 1.43. The van der Waals surface area contributed by atoms with E-state index in [4.69, 9.17) is 9.47 Å². The van der Waals surface area contributed by atoms with Crippen LogP contribution in [0.1, 0.15) is 24.5 Å². The lowest BCUT2D eigenvalue weighted by molar-refractivity contribution is -0.127. The Labute approximate surface area is 183 Å². The van der Waals surface area contributed by atoms with Gasteiger partial charge >= 0.3 is 0 Å². The third-order valence-electron chi connectivity index (χ3n) is 5.14. The van der Waals surface area contributed by atoms with E-state index in [2.05, 4.69) is 15.5 Å². The molecule has 1 aliphatic heterocycles. The van der Waals surface area contributed by atoms with E-state index in [1.54, 1.807) is 6.92 Å². The Hall–Kier alpha value is -2.90. The summed E-state index contributed by atoms with van der Waals surface area (Å²) in [6.07, 6.45) is -0.166. The maximum atomic E-state index is 12.4. The standard InChI is InChI=1S/C24H31N3O4/c1-18-6-8-22(9-7-18)31-19(2)24(29)25-17-20-4-3-5-21(16-20)26-23(28)10-11-27-12-14-30-15-13-27/h3-9,16,19H,10-15,17H2,1-2H3,(H,25,29)(H,26,28). The van der Waals surface area contributed by atoms with Gasteiger partial charge in [0.25, 0.3) is 5.91 Å². The van der Waals surface area contributed by atoms with Gasteiger partial charge in [0, 0.05) is 38.3 Å². The molecule has 7 nitrogen and oxygen atoms in total. The molecular weight excluding hydrogens is 394 g/mol. The molecular formula is C24H31N3O4. The number of carbonyl (C=O) groups excluding carboxylic acids is 2. The lowest BCUT2D eigenvalue weighted by Crippen LogP contribution is -2.38. The first kappa shape index (κ1) is 22.8. The number of anilines is 1. The van der Waals surface area contributed by atoms with Crippen LogP contribution in [0.5, 0.6) is 5.75 Å². The monoisotopic (exact) mass is 425 g/mol. The first-order chi connectivity index (χ1) is 15.0. The molecule has 2 N–H and O–H groups in total. The number of hydrogen-bond donors (Lipinski definition) is 2. The highest BCUT2D eigenvalue weighted by atomic mass is 16.5. The van der Waals surface area contributed by atoms with Crippen molar-refractivity contribution < 1.29 is 19.1 Å². The summed E-state index contributed by atoms with van der Waals surface area (Å²) in [4.78, 5) is 26.9. The van der Waals surface area contributed by atoms with Gasteiger partial charge in [0.2, 0.25) is 5.91 Å². The van der Waals surface area contributed by atoms with Gasteiger partial charge in [-0.1, -0.05) is 29.8 Å². The Kier molecular flexibility index (Phi) is 8.44. The van der Waals surface area contributed by atoms with Gasteiger partial charge in [0.15, 0.2) is 6.10 Å². The zero-order chi connectivity index (χ0) is 22.1. The molecule has 1 saturated heterocycles. The van der Waals surface area contributed by atoms with Crippen molar-refractivity contribution in [3.8, 4) is 5.75 Å². The number of hydrogen-bond acceptors (Lipinski definition) is 5. The normalized spacial score (nSPS) is 15.2. The van der Waals surface area contributed by atoms with Gasteiger partial charge in [-0.2, -0.15) is 0 Å². The fourth-order valence-electron chi connectivity index (χ4n) is 3.27. The van der Waals surface area contributed by atoms with E-state index in [1.807, 2.05) is 55.5 Å². The summed E-state index contributed by atoms with van der Waals surface area (Å²) in [5.74, 6) is 0.448. The molecule has 2 amide bonds. The topological polar surface area (TPSA) is 79.9 Å². The Morgan fingerprint density at radius 2 is 1.87 bits per heavy atom. The van der Waals surface area contributed by atoms with Crippen LogP contribution in [0.25, 0.3) is 0 Å². The summed E-state index contributed by atoms with van der Waals surface area (Å²) in [5.41, 5.74) is 2.77. The highest BCUT2D eigenvalue weighted by Crippen LogP contribution is 2.14. The van der Waals surface area contributed by atoms with E-state index in [9.17, 15) is 9.59 Å².